The number of aromatic nitrogens is 1. The van der Waals surface area contributed by atoms with Crippen molar-refractivity contribution in [3.8, 4) is 0 Å². The fourth-order valence-electron chi connectivity index (χ4n) is 4.77. The van der Waals surface area contributed by atoms with Gasteiger partial charge in [0, 0.05) is 42.8 Å². The molecule has 2 aliphatic heterocycles. The summed E-state index contributed by atoms with van der Waals surface area (Å²) in [7, 11) is 0. The van der Waals surface area contributed by atoms with Crippen LogP contribution in [0.25, 0.3) is 5.57 Å². The van der Waals surface area contributed by atoms with E-state index in [0.717, 1.165) is 42.5 Å². The van der Waals surface area contributed by atoms with Crippen molar-refractivity contribution in [1.82, 2.24) is 15.2 Å². The summed E-state index contributed by atoms with van der Waals surface area (Å²) in [4.78, 5) is 25.4. The Hall–Kier alpha value is -1.92. The van der Waals surface area contributed by atoms with E-state index in [2.05, 4.69) is 16.7 Å². The van der Waals surface area contributed by atoms with Gasteiger partial charge in [0.05, 0.1) is 12.1 Å². The zero-order chi connectivity index (χ0) is 18.3. The Bertz CT molecular complexity index is 798. The molecule has 1 aliphatic carbocycles. The molecule has 4 atom stereocenters. The zero-order valence-electron chi connectivity index (χ0n) is 15.2. The first-order chi connectivity index (χ1) is 12.7. The highest BCUT2D eigenvalue weighted by Crippen LogP contribution is 2.42. The number of carbonyl (C=O) groups is 1. The van der Waals surface area contributed by atoms with Crippen LogP contribution in [-0.2, 0) is 11.3 Å². The van der Waals surface area contributed by atoms with Crippen molar-refractivity contribution in [1.29, 1.82) is 0 Å². The molecule has 0 radical (unpaired) electrons. The van der Waals surface area contributed by atoms with Crippen LogP contribution in [0.4, 0.5) is 0 Å². The summed E-state index contributed by atoms with van der Waals surface area (Å²) >= 11 is 0. The van der Waals surface area contributed by atoms with E-state index in [-0.39, 0.29) is 36.0 Å². The summed E-state index contributed by atoms with van der Waals surface area (Å²) in [5, 5.41) is 16.2. The maximum absolute atomic E-state index is 13.0. The summed E-state index contributed by atoms with van der Waals surface area (Å²) in [6.45, 7) is 3.16. The Labute approximate surface area is 153 Å². The number of hydrogen-bond acceptors (Lipinski definition) is 4. The van der Waals surface area contributed by atoms with E-state index in [1.165, 1.54) is 0 Å². The molecule has 0 spiro atoms. The predicted molar refractivity (Wildman–Crippen MR) is 99.6 cm³/mol. The van der Waals surface area contributed by atoms with Gasteiger partial charge in [0.2, 0.25) is 5.91 Å². The number of nitrogens with one attached hydrogen (secondary N) is 2. The van der Waals surface area contributed by atoms with Gasteiger partial charge in [-0.15, -0.1) is 0 Å². The number of fused-ring (bicyclic) bond motifs is 3. The third-order valence-corrected chi connectivity index (χ3v) is 6.11. The van der Waals surface area contributed by atoms with Gasteiger partial charge in [-0.3, -0.25) is 14.9 Å². The zero-order valence-corrected chi connectivity index (χ0v) is 15.2. The van der Waals surface area contributed by atoms with Gasteiger partial charge >= 0.3 is 0 Å². The van der Waals surface area contributed by atoms with Crippen LogP contribution < -0.4 is 16.2 Å². The molecule has 0 aromatic carbocycles. The molecule has 1 aromatic rings. The maximum atomic E-state index is 13.0. The second kappa shape index (κ2) is 7.00. The molecule has 0 unspecified atom stereocenters. The second-order valence-electron chi connectivity index (χ2n) is 7.63. The van der Waals surface area contributed by atoms with E-state index in [9.17, 15) is 14.7 Å². The summed E-state index contributed by atoms with van der Waals surface area (Å²) in [6, 6.07) is 3.51. The van der Waals surface area contributed by atoms with Gasteiger partial charge in [-0.1, -0.05) is 13.0 Å². The van der Waals surface area contributed by atoms with Crippen LogP contribution >= 0.6 is 0 Å². The average molecular weight is 357 g/mol. The largest absolute Gasteiger partial charge is 0.396 e. The van der Waals surface area contributed by atoms with Crippen LogP contribution in [0.3, 0.4) is 0 Å². The van der Waals surface area contributed by atoms with Gasteiger partial charge < -0.3 is 15.0 Å². The molecule has 3 heterocycles. The predicted octanol–water partition coefficient (Wildman–Crippen LogP) is 1.19. The van der Waals surface area contributed by atoms with Crippen molar-refractivity contribution in [2.45, 2.75) is 51.2 Å². The molecule has 26 heavy (non-hydrogen) atoms. The SMILES string of the molecule is CCCNC(=O)[C@@H]1N[C@@H]2c3ccc(C4=CCCC4)c(=O)n3C[C@@H]2[C@H]1CO. The Morgan fingerprint density at radius 2 is 2.27 bits per heavy atom. The molecule has 140 valence electrons. The van der Waals surface area contributed by atoms with E-state index in [1.807, 2.05) is 23.6 Å². The molecule has 3 aliphatic rings. The van der Waals surface area contributed by atoms with Crippen molar-refractivity contribution in [2.75, 3.05) is 13.2 Å². The third-order valence-electron chi connectivity index (χ3n) is 6.11. The Balaban J connectivity index is 1.62. The normalized spacial score (nSPS) is 29.4. The summed E-state index contributed by atoms with van der Waals surface area (Å²) in [5.41, 5.74) is 2.97. The van der Waals surface area contributed by atoms with E-state index in [4.69, 9.17) is 0 Å². The Morgan fingerprint density at radius 1 is 1.42 bits per heavy atom. The number of rotatable bonds is 5. The fourth-order valence-corrected chi connectivity index (χ4v) is 4.77. The molecular formula is C20H27N3O3. The summed E-state index contributed by atoms with van der Waals surface area (Å²) < 4.78 is 1.85. The number of aliphatic hydroxyl groups is 1. The van der Waals surface area contributed by atoms with Gasteiger partial charge in [-0.05, 0) is 43.4 Å². The number of allylic oxidation sites excluding steroid dienone is 2. The molecular weight excluding hydrogens is 330 g/mol. The lowest BCUT2D eigenvalue weighted by Crippen LogP contribution is -2.46. The first-order valence-electron chi connectivity index (χ1n) is 9.73. The Kier molecular flexibility index (Phi) is 4.71. The molecule has 1 fully saturated rings. The fraction of sp³-hybridized carbons (Fsp3) is 0.600. The minimum Gasteiger partial charge on any atom is -0.396 e. The van der Waals surface area contributed by atoms with Gasteiger partial charge in [-0.25, -0.2) is 0 Å². The van der Waals surface area contributed by atoms with Crippen LogP contribution in [0.5, 0.6) is 0 Å². The van der Waals surface area contributed by atoms with E-state index in [0.29, 0.717) is 13.1 Å². The Morgan fingerprint density at radius 3 is 2.96 bits per heavy atom. The number of aliphatic hydroxyl groups excluding tert-OH is 1. The molecule has 0 saturated carbocycles. The van der Waals surface area contributed by atoms with Crippen molar-refractivity contribution < 1.29 is 9.90 Å². The lowest BCUT2D eigenvalue weighted by atomic mass is 9.88. The highest BCUT2D eigenvalue weighted by atomic mass is 16.3. The molecule has 1 saturated heterocycles. The van der Waals surface area contributed by atoms with Gasteiger partial charge in [0.15, 0.2) is 0 Å². The minimum atomic E-state index is -0.400. The third kappa shape index (κ3) is 2.72. The maximum Gasteiger partial charge on any atom is 0.258 e. The smallest absolute Gasteiger partial charge is 0.258 e. The van der Waals surface area contributed by atoms with Crippen LogP contribution in [0.2, 0.25) is 0 Å². The number of pyridine rings is 1. The first-order valence-corrected chi connectivity index (χ1v) is 9.73. The van der Waals surface area contributed by atoms with Gasteiger partial charge in [0.25, 0.3) is 5.56 Å². The molecule has 6 heteroatoms. The van der Waals surface area contributed by atoms with Gasteiger partial charge in [-0.2, -0.15) is 0 Å². The van der Waals surface area contributed by atoms with Crippen molar-refractivity contribution in [2.24, 2.45) is 11.8 Å². The average Bonchev–Trinajstić information content (AvgIpc) is 3.35. The molecule has 3 N–H and O–H groups in total. The van der Waals surface area contributed by atoms with Crippen LogP contribution in [0.1, 0.15) is 49.9 Å². The van der Waals surface area contributed by atoms with E-state index >= 15 is 0 Å². The van der Waals surface area contributed by atoms with E-state index < -0.39 is 6.04 Å². The quantitative estimate of drug-likeness (QED) is 0.739. The van der Waals surface area contributed by atoms with Crippen LogP contribution in [0, 0.1) is 11.8 Å². The summed E-state index contributed by atoms with van der Waals surface area (Å²) in [5.74, 6) is -0.162. The second-order valence-corrected chi connectivity index (χ2v) is 7.63. The number of amides is 1. The first kappa shape index (κ1) is 17.5. The molecule has 0 bridgehead atoms. The topological polar surface area (TPSA) is 83.4 Å². The van der Waals surface area contributed by atoms with Gasteiger partial charge in [0.1, 0.15) is 0 Å². The highest BCUT2D eigenvalue weighted by Gasteiger charge is 2.50. The van der Waals surface area contributed by atoms with E-state index in [1.54, 1.807) is 0 Å². The monoisotopic (exact) mass is 357 g/mol. The van der Waals surface area contributed by atoms with Crippen molar-refractivity contribution in [3.63, 3.8) is 0 Å². The molecule has 6 nitrogen and oxygen atoms in total. The minimum absolute atomic E-state index is 0.0520. The lowest BCUT2D eigenvalue weighted by Gasteiger charge is -2.21. The molecule has 1 aromatic heterocycles. The van der Waals surface area contributed by atoms with Crippen molar-refractivity contribution in [3.05, 3.63) is 39.8 Å². The number of hydrogen-bond donors (Lipinski definition) is 3. The highest BCUT2D eigenvalue weighted by molar-refractivity contribution is 5.82. The van der Waals surface area contributed by atoms with Crippen LogP contribution in [-0.4, -0.2) is 34.8 Å². The number of carbonyl (C=O) groups excluding carboxylic acids is 1. The standard InChI is InChI=1S/C20H27N3O3/c1-2-9-21-19(25)18-15(11-24)14-10-23-16(17(14)22-18)8-7-13(20(23)26)12-5-3-4-6-12/h5,7-8,14-15,17-18,22,24H,2-4,6,9-11H2,1H3,(H,21,25)/t14-,15-,17+,18-/m1/s1. The number of nitrogens with zero attached hydrogens (tertiary/aromatic N) is 1. The van der Waals surface area contributed by atoms with Crippen molar-refractivity contribution >= 4 is 11.5 Å². The van der Waals surface area contributed by atoms with Crippen LogP contribution in [0.15, 0.2) is 23.0 Å². The molecule has 1 amide bonds. The summed E-state index contributed by atoms with van der Waals surface area (Å²) in [6.07, 6.45) is 6.18. The lowest BCUT2D eigenvalue weighted by molar-refractivity contribution is -0.124. The molecule has 4 rings (SSSR count).